The summed E-state index contributed by atoms with van der Waals surface area (Å²) in [5, 5.41) is 5.59. The van der Waals surface area contributed by atoms with Gasteiger partial charge in [-0.25, -0.2) is 8.42 Å². The zero-order chi connectivity index (χ0) is 25.6. The largest absolute Gasteiger partial charge is 0.344 e. The maximum Gasteiger partial charge on any atom is 0.261 e. The Balaban J connectivity index is 1.69. The van der Waals surface area contributed by atoms with E-state index in [2.05, 4.69) is 15.4 Å². The first-order valence-electron chi connectivity index (χ1n) is 11.4. The first kappa shape index (κ1) is 26.0. The molecule has 0 aromatic heterocycles. The Hall–Kier alpha value is -3.65. The predicted octanol–water partition coefficient (Wildman–Crippen LogP) is 4.43. The molecule has 35 heavy (non-hydrogen) atoms. The molecule has 0 unspecified atom stereocenters. The molecule has 3 N–H and O–H groups in total. The van der Waals surface area contributed by atoms with Crippen LogP contribution < -0.4 is 15.4 Å². The minimum atomic E-state index is -3.79. The van der Waals surface area contributed by atoms with Crippen LogP contribution in [0.4, 0.5) is 11.4 Å². The Morgan fingerprint density at radius 1 is 0.829 bits per heavy atom. The van der Waals surface area contributed by atoms with Crippen LogP contribution in [0.2, 0.25) is 0 Å². The van der Waals surface area contributed by atoms with Crippen molar-refractivity contribution in [1.29, 1.82) is 0 Å². The number of aryl methyl sites for hydroxylation is 2. The van der Waals surface area contributed by atoms with E-state index >= 15 is 0 Å². The molecule has 0 bridgehead atoms. The van der Waals surface area contributed by atoms with Gasteiger partial charge in [-0.2, -0.15) is 0 Å². The lowest BCUT2D eigenvalue weighted by Crippen LogP contribution is -2.47. The molecule has 2 amide bonds. The van der Waals surface area contributed by atoms with Gasteiger partial charge in [0.25, 0.3) is 10.0 Å². The molecule has 0 saturated carbocycles. The monoisotopic (exact) mass is 493 g/mol. The highest BCUT2D eigenvalue weighted by molar-refractivity contribution is 7.92. The number of anilines is 2. The summed E-state index contributed by atoms with van der Waals surface area (Å²) in [6.07, 6.45) is 0.174. The van der Waals surface area contributed by atoms with Gasteiger partial charge in [-0.05, 0) is 66.8 Å². The second-order valence-corrected chi connectivity index (χ2v) is 10.6. The Morgan fingerprint density at radius 3 is 2.17 bits per heavy atom. The van der Waals surface area contributed by atoms with E-state index in [9.17, 15) is 18.0 Å². The van der Waals surface area contributed by atoms with Crippen molar-refractivity contribution in [2.45, 2.75) is 45.1 Å². The first-order valence-corrected chi connectivity index (χ1v) is 12.9. The van der Waals surface area contributed by atoms with Gasteiger partial charge in [0.1, 0.15) is 6.04 Å². The maximum absolute atomic E-state index is 13.0. The molecule has 3 aromatic rings. The van der Waals surface area contributed by atoms with E-state index in [4.69, 9.17) is 0 Å². The van der Waals surface area contributed by atoms with Crippen molar-refractivity contribution in [2.24, 2.45) is 5.92 Å². The number of benzene rings is 3. The van der Waals surface area contributed by atoms with Crippen molar-refractivity contribution < 1.29 is 18.0 Å². The lowest BCUT2D eigenvalue weighted by atomic mass is 10.0. The third-order valence-corrected chi connectivity index (χ3v) is 7.02. The average molecular weight is 494 g/mol. The van der Waals surface area contributed by atoms with Gasteiger partial charge >= 0.3 is 0 Å². The Morgan fingerprint density at radius 2 is 1.51 bits per heavy atom. The third kappa shape index (κ3) is 7.16. The number of rotatable bonds is 9. The molecular formula is C27H31N3O4S. The average Bonchev–Trinajstić information content (AvgIpc) is 2.79. The van der Waals surface area contributed by atoms with Gasteiger partial charge in [-0.1, -0.05) is 56.3 Å². The van der Waals surface area contributed by atoms with E-state index in [-0.39, 0.29) is 29.0 Å². The van der Waals surface area contributed by atoms with E-state index in [1.165, 1.54) is 0 Å². The van der Waals surface area contributed by atoms with Crippen LogP contribution in [0.15, 0.2) is 77.7 Å². The van der Waals surface area contributed by atoms with Crippen molar-refractivity contribution in [1.82, 2.24) is 5.32 Å². The van der Waals surface area contributed by atoms with E-state index in [0.29, 0.717) is 11.4 Å². The number of hydrogen-bond acceptors (Lipinski definition) is 4. The van der Waals surface area contributed by atoms with Crippen molar-refractivity contribution in [3.8, 4) is 0 Å². The summed E-state index contributed by atoms with van der Waals surface area (Å²) >= 11 is 0. The van der Waals surface area contributed by atoms with E-state index in [0.717, 1.165) is 16.7 Å². The fourth-order valence-electron chi connectivity index (χ4n) is 3.52. The van der Waals surface area contributed by atoms with Gasteiger partial charge in [0.15, 0.2) is 0 Å². The minimum absolute atomic E-state index is 0.152. The third-order valence-electron chi connectivity index (χ3n) is 5.64. The Labute approximate surface area is 207 Å². The smallest absolute Gasteiger partial charge is 0.261 e. The molecule has 184 valence electrons. The highest BCUT2D eigenvalue weighted by atomic mass is 32.2. The molecule has 7 nitrogen and oxygen atoms in total. The fourth-order valence-corrected chi connectivity index (χ4v) is 4.65. The zero-order valence-electron chi connectivity index (χ0n) is 20.3. The van der Waals surface area contributed by atoms with Gasteiger partial charge in [0.2, 0.25) is 11.8 Å². The molecule has 8 heteroatoms. The van der Waals surface area contributed by atoms with Gasteiger partial charge in [0.05, 0.1) is 17.0 Å². The normalized spacial score (nSPS) is 12.1. The number of sulfonamides is 1. The van der Waals surface area contributed by atoms with Gasteiger partial charge in [0, 0.05) is 5.69 Å². The summed E-state index contributed by atoms with van der Waals surface area (Å²) < 4.78 is 28.2. The molecule has 0 saturated heterocycles. The molecule has 0 heterocycles. The fraction of sp³-hybridized carbons (Fsp3) is 0.259. The van der Waals surface area contributed by atoms with Crippen molar-refractivity contribution in [3.63, 3.8) is 0 Å². The number of hydrogen-bond donors (Lipinski definition) is 3. The number of nitrogens with one attached hydrogen (secondary N) is 3. The molecule has 0 spiro atoms. The topological polar surface area (TPSA) is 104 Å². The van der Waals surface area contributed by atoms with E-state index in [1.807, 2.05) is 58.0 Å². The summed E-state index contributed by atoms with van der Waals surface area (Å²) in [4.78, 5) is 25.6. The van der Waals surface area contributed by atoms with Crippen LogP contribution in [0.5, 0.6) is 0 Å². The van der Waals surface area contributed by atoms with Crippen LogP contribution in [0.25, 0.3) is 0 Å². The summed E-state index contributed by atoms with van der Waals surface area (Å²) in [6.45, 7) is 7.47. The lowest BCUT2D eigenvalue weighted by Gasteiger charge is -2.22. The molecule has 0 radical (unpaired) electrons. The molecule has 0 aliphatic heterocycles. The molecular weight excluding hydrogens is 462 g/mol. The number of carbonyl (C=O) groups is 2. The summed E-state index contributed by atoms with van der Waals surface area (Å²) in [7, 11) is -3.79. The summed E-state index contributed by atoms with van der Waals surface area (Å²) in [5.41, 5.74) is 3.47. The van der Waals surface area contributed by atoms with E-state index in [1.54, 1.807) is 42.5 Å². The quantitative estimate of drug-likeness (QED) is 0.410. The predicted molar refractivity (Wildman–Crippen MR) is 139 cm³/mol. The van der Waals surface area contributed by atoms with Crippen LogP contribution in [-0.4, -0.2) is 26.3 Å². The molecule has 0 fully saturated rings. The van der Waals surface area contributed by atoms with Crippen molar-refractivity contribution >= 4 is 33.2 Å². The minimum Gasteiger partial charge on any atom is -0.344 e. The SMILES string of the molecule is Cc1ccc(S(=O)(=O)Nc2cccc(NC(=O)[C@@H](NC(=O)Cc3ccccc3)C(C)C)c2)cc1C. The van der Waals surface area contributed by atoms with Gasteiger partial charge in [-0.15, -0.1) is 0 Å². The number of carbonyl (C=O) groups excluding carboxylic acids is 2. The maximum atomic E-state index is 13.0. The van der Waals surface area contributed by atoms with Crippen LogP contribution in [0.1, 0.15) is 30.5 Å². The Bertz CT molecular complexity index is 1310. The standard InChI is InChI=1S/C27H31N3O4S/c1-18(2)26(29-25(31)16-21-9-6-5-7-10-21)27(32)28-22-11-8-12-23(17-22)30-35(33,34)24-14-13-19(3)20(4)15-24/h5-15,17-18,26,30H,16H2,1-4H3,(H,28,32)(H,29,31)/t26-/m0/s1. The zero-order valence-corrected chi connectivity index (χ0v) is 21.1. The van der Waals surface area contributed by atoms with Crippen LogP contribution in [0, 0.1) is 19.8 Å². The van der Waals surface area contributed by atoms with Gasteiger partial charge in [-0.3, -0.25) is 14.3 Å². The van der Waals surface area contributed by atoms with Crippen molar-refractivity contribution in [3.05, 3.63) is 89.5 Å². The Kier molecular flexibility index (Phi) is 8.30. The summed E-state index contributed by atoms with van der Waals surface area (Å²) in [5.74, 6) is -0.781. The second-order valence-electron chi connectivity index (χ2n) is 8.87. The highest BCUT2D eigenvalue weighted by Gasteiger charge is 2.24. The molecule has 0 aliphatic carbocycles. The van der Waals surface area contributed by atoms with Crippen LogP contribution in [0.3, 0.4) is 0 Å². The van der Waals surface area contributed by atoms with Crippen LogP contribution >= 0.6 is 0 Å². The molecule has 1 atom stereocenters. The highest BCUT2D eigenvalue weighted by Crippen LogP contribution is 2.21. The summed E-state index contributed by atoms with van der Waals surface area (Å²) in [6, 6.07) is 19.9. The van der Waals surface area contributed by atoms with Crippen molar-refractivity contribution in [2.75, 3.05) is 10.0 Å². The van der Waals surface area contributed by atoms with Gasteiger partial charge < -0.3 is 10.6 Å². The molecule has 3 aromatic carbocycles. The first-order chi connectivity index (χ1) is 16.5. The second kappa shape index (κ2) is 11.2. The molecule has 3 rings (SSSR count). The molecule has 0 aliphatic rings. The van der Waals surface area contributed by atoms with Crippen LogP contribution in [-0.2, 0) is 26.0 Å². The van der Waals surface area contributed by atoms with E-state index < -0.39 is 16.1 Å². The number of amides is 2. The lowest BCUT2D eigenvalue weighted by molar-refractivity contribution is -0.127.